The molecule has 0 heteroatoms. The van der Waals surface area contributed by atoms with E-state index in [0.717, 1.165) is 11.8 Å². The first-order valence-electron chi connectivity index (χ1n) is 6.63. The van der Waals surface area contributed by atoms with Gasteiger partial charge in [-0.05, 0) is 11.8 Å². The third kappa shape index (κ3) is 58.1. The molecule has 0 bridgehead atoms. The first kappa shape index (κ1) is 23.7. The quantitative estimate of drug-likeness (QED) is 0.516. The van der Waals surface area contributed by atoms with Crippen molar-refractivity contribution in [2.45, 2.75) is 82.1 Å². The summed E-state index contributed by atoms with van der Waals surface area (Å²) in [5, 5.41) is 0. The Labute approximate surface area is 94.5 Å². The normalized spacial score (nSPS) is 7.71. The van der Waals surface area contributed by atoms with Crippen molar-refractivity contribution in [2.75, 3.05) is 0 Å². The second-order valence-corrected chi connectivity index (χ2v) is 3.37. The van der Waals surface area contributed by atoms with Gasteiger partial charge in [0.2, 0.25) is 0 Å². The Kier molecular flexibility index (Phi) is 49.4. The van der Waals surface area contributed by atoms with Crippen LogP contribution in [0.25, 0.3) is 0 Å². The topological polar surface area (TPSA) is 0 Å². The van der Waals surface area contributed by atoms with Gasteiger partial charge in [0.05, 0.1) is 0 Å². The summed E-state index contributed by atoms with van der Waals surface area (Å²) < 4.78 is 0. The van der Waals surface area contributed by atoms with Gasteiger partial charge >= 0.3 is 0 Å². The summed E-state index contributed by atoms with van der Waals surface area (Å²) in [6.45, 7) is 21.1. The van der Waals surface area contributed by atoms with Crippen molar-refractivity contribution in [1.29, 1.82) is 0 Å². The van der Waals surface area contributed by atoms with Crippen LogP contribution >= 0.6 is 0 Å². The van der Waals surface area contributed by atoms with E-state index in [-0.39, 0.29) is 0 Å². The first-order chi connectivity index (χ1) is 6.63. The van der Waals surface area contributed by atoms with Crippen LogP contribution in [0.3, 0.4) is 0 Å². The number of rotatable bonds is 3. The molecule has 0 aliphatic heterocycles. The van der Waals surface area contributed by atoms with Gasteiger partial charge in [0.25, 0.3) is 0 Å². The molecular formula is C14H36. The molecule has 0 amide bonds. The Morgan fingerprint density at radius 1 is 0.500 bits per heavy atom. The Morgan fingerprint density at radius 3 is 0.714 bits per heavy atom. The minimum Gasteiger partial charge on any atom is -0.0683 e. The maximum absolute atomic E-state index is 2.28. The highest BCUT2D eigenvalue weighted by Crippen LogP contribution is 2.09. The monoisotopic (exact) mass is 204 g/mol. The molecule has 0 aromatic rings. The Bertz CT molecular complexity index is 36.0. The van der Waals surface area contributed by atoms with Crippen LogP contribution in [0, 0.1) is 11.8 Å². The minimum absolute atomic E-state index is 0.886. The third-order valence-electron chi connectivity index (χ3n) is 1.32. The summed E-state index contributed by atoms with van der Waals surface area (Å²) in [5.41, 5.74) is 0. The average Bonchev–Trinajstić information content (AvgIpc) is 2.24. The highest BCUT2D eigenvalue weighted by molar-refractivity contribution is 4.48. The molecule has 0 aromatic carbocycles. The predicted octanol–water partition coefficient (Wildman–Crippen LogP) is 6.16. The molecule has 0 unspecified atom stereocenters. The van der Waals surface area contributed by atoms with Crippen LogP contribution in [0.5, 0.6) is 0 Å². The van der Waals surface area contributed by atoms with Crippen LogP contribution < -0.4 is 0 Å². The highest BCUT2D eigenvalue weighted by atomic mass is 14.0. The van der Waals surface area contributed by atoms with Crippen LogP contribution in [0.15, 0.2) is 0 Å². The lowest BCUT2D eigenvalue weighted by atomic mass is 10.0. The SMILES string of the molecule is CC.CC.CC.CC(C)CCC(C)C. The van der Waals surface area contributed by atoms with E-state index in [2.05, 4.69) is 27.7 Å². The van der Waals surface area contributed by atoms with Crippen LogP contribution in [0.2, 0.25) is 0 Å². The minimum atomic E-state index is 0.886. The van der Waals surface area contributed by atoms with Gasteiger partial charge in [0, 0.05) is 0 Å². The van der Waals surface area contributed by atoms with E-state index in [4.69, 9.17) is 0 Å². The van der Waals surface area contributed by atoms with Crippen molar-refractivity contribution >= 4 is 0 Å². The molecule has 0 atom stereocenters. The maximum Gasteiger partial charge on any atom is -0.0471 e. The molecule has 92 valence electrons. The molecule has 0 aliphatic carbocycles. The zero-order chi connectivity index (χ0) is 12.6. The van der Waals surface area contributed by atoms with E-state index in [0.29, 0.717) is 0 Å². The smallest absolute Gasteiger partial charge is 0.0471 e. The standard InChI is InChI=1S/C8H18.3C2H6/c1-7(2)5-6-8(3)4;3*1-2/h7-8H,5-6H2,1-4H3;3*1-2H3. The molecule has 0 heterocycles. The molecule has 0 aliphatic rings. The van der Waals surface area contributed by atoms with Crippen LogP contribution in [-0.2, 0) is 0 Å². The van der Waals surface area contributed by atoms with Crippen molar-refractivity contribution in [3.63, 3.8) is 0 Å². The summed E-state index contributed by atoms with van der Waals surface area (Å²) in [4.78, 5) is 0. The molecule has 0 saturated carbocycles. The molecule has 0 aromatic heterocycles. The van der Waals surface area contributed by atoms with E-state index in [1.807, 2.05) is 41.5 Å². The van der Waals surface area contributed by atoms with Crippen molar-refractivity contribution in [3.05, 3.63) is 0 Å². The molecular weight excluding hydrogens is 168 g/mol. The first-order valence-corrected chi connectivity index (χ1v) is 6.63. The molecule has 0 rings (SSSR count). The Morgan fingerprint density at radius 2 is 0.643 bits per heavy atom. The van der Waals surface area contributed by atoms with E-state index < -0.39 is 0 Å². The van der Waals surface area contributed by atoms with Crippen LogP contribution in [-0.4, -0.2) is 0 Å². The summed E-state index contributed by atoms with van der Waals surface area (Å²) in [6.07, 6.45) is 2.77. The highest BCUT2D eigenvalue weighted by Gasteiger charge is 1.95. The van der Waals surface area contributed by atoms with E-state index in [1.165, 1.54) is 12.8 Å². The number of hydrogen-bond donors (Lipinski definition) is 0. The van der Waals surface area contributed by atoms with Crippen molar-refractivity contribution in [2.24, 2.45) is 11.8 Å². The lowest BCUT2D eigenvalue weighted by molar-refractivity contribution is 0.476. The van der Waals surface area contributed by atoms with Crippen molar-refractivity contribution in [3.8, 4) is 0 Å². The number of hydrogen-bond acceptors (Lipinski definition) is 0. The second kappa shape index (κ2) is 29.2. The zero-order valence-corrected chi connectivity index (χ0v) is 12.6. The van der Waals surface area contributed by atoms with Gasteiger partial charge in [-0.3, -0.25) is 0 Å². The van der Waals surface area contributed by atoms with Crippen LogP contribution in [0.4, 0.5) is 0 Å². The van der Waals surface area contributed by atoms with Gasteiger partial charge in [0.15, 0.2) is 0 Å². The fourth-order valence-corrected chi connectivity index (χ4v) is 0.667. The molecule has 0 spiro atoms. The molecule has 0 N–H and O–H groups in total. The molecule has 0 nitrogen and oxygen atoms in total. The van der Waals surface area contributed by atoms with Crippen LogP contribution in [0.1, 0.15) is 82.1 Å². The largest absolute Gasteiger partial charge is 0.0683 e. The second-order valence-electron chi connectivity index (χ2n) is 3.37. The Balaban J connectivity index is -0.0000000708. The Hall–Kier alpha value is 0. The van der Waals surface area contributed by atoms with E-state index >= 15 is 0 Å². The van der Waals surface area contributed by atoms with Gasteiger partial charge in [-0.25, -0.2) is 0 Å². The van der Waals surface area contributed by atoms with Crippen molar-refractivity contribution in [1.82, 2.24) is 0 Å². The van der Waals surface area contributed by atoms with Crippen molar-refractivity contribution < 1.29 is 0 Å². The molecule has 0 saturated heterocycles. The third-order valence-corrected chi connectivity index (χ3v) is 1.32. The summed E-state index contributed by atoms with van der Waals surface area (Å²) in [6, 6.07) is 0. The molecule has 0 fully saturated rings. The van der Waals surface area contributed by atoms with Gasteiger partial charge < -0.3 is 0 Å². The fourth-order valence-electron chi connectivity index (χ4n) is 0.667. The maximum atomic E-state index is 2.28. The van der Waals surface area contributed by atoms with Gasteiger partial charge in [0.1, 0.15) is 0 Å². The lowest BCUT2D eigenvalue weighted by Gasteiger charge is -2.05. The molecule has 0 radical (unpaired) electrons. The fraction of sp³-hybridized carbons (Fsp3) is 1.00. The summed E-state index contributed by atoms with van der Waals surface area (Å²) >= 11 is 0. The lowest BCUT2D eigenvalue weighted by Crippen LogP contribution is -1.91. The summed E-state index contributed by atoms with van der Waals surface area (Å²) in [5.74, 6) is 1.77. The van der Waals surface area contributed by atoms with E-state index in [1.54, 1.807) is 0 Å². The predicted molar refractivity (Wildman–Crippen MR) is 73.0 cm³/mol. The van der Waals surface area contributed by atoms with Gasteiger partial charge in [-0.1, -0.05) is 82.1 Å². The summed E-state index contributed by atoms with van der Waals surface area (Å²) in [7, 11) is 0. The van der Waals surface area contributed by atoms with Gasteiger partial charge in [-0.15, -0.1) is 0 Å². The average molecular weight is 204 g/mol. The zero-order valence-electron chi connectivity index (χ0n) is 12.6. The molecule has 14 heavy (non-hydrogen) atoms. The van der Waals surface area contributed by atoms with E-state index in [9.17, 15) is 0 Å². The van der Waals surface area contributed by atoms with Gasteiger partial charge in [-0.2, -0.15) is 0 Å².